The normalized spacial score (nSPS) is 25.1. The Kier molecular flexibility index (Phi) is 8.63. The highest BCUT2D eigenvalue weighted by Crippen LogP contribution is 2.42. The molecular weight excluding hydrogens is 530 g/mol. The molecule has 37 heavy (non-hydrogen) atoms. The first-order valence-electron chi connectivity index (χ1n) is 12.9. The number of carbonyl (C=O) groups excluding carboxylic acids is 2. The molecule has 6 heteroatoms. The second-order valence-electron chi connectivity index (χ2n) is 10.4. The zero-order valence-corrected chi connectivity index (χ0v) is 22.7. The van der Waals surface area contributed by atoms with Crippen LogP contribution in [-0.2, 0) is 9.53 Å². The summed E-state index contributed by atoms with van der Waals surface area (Å²) in [7, 11) is 2.19. The Labute approximate surface area is 229 Å². The molecule has 0 saturated carbocycles. The van der Waals surface area contributed by atoms with E-state index in [1.54, 1.807) is 0 Å². The number of piperidine rings is 1. The summed E-state index contributed by atoms with van der Waals surface area (Å²) < 4.78 is 6.64. The average molecular weight is 565 g/mol. The third-order valence-corrected chi connectivity index (χ3v) is 8.32. The molecule has 194 valence electrons. The Bertz CT molecular complexity index is 1180. The molecule has 3 unspecified atom stereocenters. The molecule has 0 aliphatic carbocycles. The summed E-state index contributed by atoms with van der Waals surface area (Å²) in [6.07, 6.45) is 3.42. The molecule has 2 bridgehead atoms. The second kappa shape index (κ2) is 11.7. The Hall–Kier alpha value is -2.80. The van der Waals surface area contributed by atoms with Gasteiger partial charge in [-0.05, 0) is 16.7 Å². The van der Waals surface area contributed by atoms with Gasteiger partial charge in [0, 0.05) is 31.2 Å². The summed E-state index contributed by atoms with van der Waals surface area (Å²) in [5.74, 6) is -0.861. The molecule has 0 spiro atoms. The Morgan fingerprint density at radius 3 is 1.97 bits per heavy atom. The molecule has 2 aliphatic heterocycles. The van der Waals surface area contributed by atoms with Crippen LogP contribution < -0.4 is 17.0 Å². The zero-order valence-electron chi connectivity index (χ0n) is 21.1. The van der Waals surface area contributed by atoms with Crippen molar-refractivity contribution in [2.24, 2.45) is 0 Å². The van der Waals surface area contributed by atoms with Crippen LogP contribution in [0, 0.1) is 0 Å². The largest absolute Gasteiger partial charge is 1.00 e. The quantitative estimate of drug-likeness (QED) is 0.259. The van der Waals surface area contributed by atoms with Gasteiger partial charge in [-0.1, -0.05) is 84.9 Å². The van der Waals surface area contributed by atoms with Crippen molar-refractivity contribution in [3.05, 3.63) is 96.1 Å². The molecule has 3 atom stereocenters. The fourth-order valence-electron chi connectivity index (χ4n) is 6.18. The Morgan fingerprint density at radius 1 is 0.865 bits per heavy atom. The number of Topliss-reactive ketones (excluding diaryl/α,β-unsaturated/α-hetero) is 1. The number of hydrogen-bond donors (Lipinski definition) is 1. The molecule has 0 aromatic heterocycles. The molecule has 0 radical (unpaired) electrons. The highest BCUT2D eigenvalue weighted by atomic mass is 79.9. The number of aliphatic hydroxyl groups is 1. The van der Waals surface area contributed by atoms with Crippen molar-refractivity contribution >= 4 is 11.8 Å². The van der Waals surface area contributed by atoms with Crippen LogP contribution in [0.1, 0.15) is 47.5 Å². The number of rotatable bonds is 8. The van der Waals surface area contributed by atoms with Crippen molar-refractivity contribution in [3.63, 3.8) is 0 Å². The lowest BCUT2D eigenvalue weighted by atomic mass is 9.94. The first-order chi connectivity index (χ1) is 17.5. The van der Waals surface area contributed by atoms with Gasteiger partial charge in [0.25, 0.3) is 0 Å². The van der Waals surface area contributed by atoms with Gasteiger partial charge in [-0.3, -0.25) is 9.59 Å². The van der Waals surface area contributed by atoms with Crippen molar-refractivity contribution in [1.82, 2.24) is 0 Å². The van der Waals surface area contributed by atoms with Crippen LogP contribution in [0.3, 0.4) is 0 Å². The summed E-state index contributed by atoms with van der Waals surface area (Å²) in [4.78, 5) is 26.2. The molecule has 2 aliphatic rings. The monoisotopic (exact) mass is 563 g/mol. The van der Waals surface area contributed by atoms with E-state index in [1.165, 1.54) is 0 Å². The zero-order chi connectivity index (χ0) is 25.1. The Morgan fingerprint density at radius 2 is 1.41 bits per heavy atom. The molecule has 3 aromatic rings. The predicted octanol–water partition coefficient (Wildman–Crippen LogP) is 2.00. The lowest BCUT2D eigenvalue weighted by molar-refractivity contribution is -0.941. The number of nitrogens with zero attached hydrogens (tertiary/aromatic N) is 1. The lowest BCUT2D eigenvalue weighted by Crippen LogP contribution is -3.00. The van der Waals surface area contributed by atoms with Crippen LogP contribution in [-0.4, -0.2) is 59.7 Å². The first-order valence-corrected chi connectivity index (χ1v) is 12.9. The number of benzene rings is 3. The number of halogens is 1. The van der Waals surface area contributed by atoms with Crippen molar-refractivity contribution in [2.45, 2.75) is 49.8 Å². The van der Waals surface area contributed by atoms with E-state index >= 15 is 0 Å². The van der Waals surface area contributed by atoms with Gasteiger partial charge >= 0.3 is 5.97 Å². The summed E-state index contributed by atoms with van der Waals surface area (Å²) in [5.41, 5.74) is 3.76. The maximum atomic E-state index is 13.3. The topological polar surface area (TPSA) is 63.6 Å². The maximum Gasteiger partial charge on any atom is 0.316 e. The van der Waals surface area contributed by atoms with E-state index in [4.69, 9.17) is 4.74 Å². The van der Waals surface area contributed by atoms with E-state index in [-0.39, 0.29) is 41.4 Å². The van der Waals surface area contributed by atoms with Crippen molar-refractivity contribution in [1.29, 1.82) is 0 Å². The molecule has 2 saturated heterocycles. The standard InChI is InChI=1S/C31H34NO4.BrH/c1-32(20-30(34)25-14-12-23(13-15-25)22-8-4-2-5-9-22)26-16-17-27(32)19-28(18-26)36-31(35)29(21-33)24-10-6-3-7-11-24;/h2-15,26-29,33H,16-21H2,1H3;1H/q+1;/p-1. The van der Waals surface area contributed by atoms with Crippen LogP contribution in [0.25, 0.3) is 11.1 Å². The summed E-state index contributed by atoms with van der Waals surface area (Å²) in [6, 6.07) is 28.0. The van der Waals surface area contributed by atoms with Gasteiger partial charge in [0.1, 0.15) is 18.6 Å². The number of ketones is 1. The molecule has 5 nitrogen and oxygen atoms in total. The van der Waals surface area contributed by atoms with Crippen LogP contribution in [0.15, 0.2) is 84.9 Å². The molecule has 2 heterocycles. The minimum Gasteiger partial charge on any atom is -1.00 e. The van der Waals surface area contributed by atoms with Gasteiger partial charge < -0.3 is 31.3 Å². The number of quaternary nitrogens is 1. The third kappa shape index (κ3) is 5.71. The number of esters is 1. The SMILES string of the molecule is C[N+]1(CC(=O)c2ccc(-c3ccccc3)cc2)C2CCC1CC(OC(=O)C(CO)c1ccccc1)C2.[Br-]. The average Bonchev–Trinajstić information content (AvgIpc) is 3.06. The molecule has 1 N–H and O–H groups in total. The Balaban J connectivity index is 0.00000320. The molecule has 2 fully saturated rings. The van der Waals surface area contributed by atoms with E-state index in [1.807, 2.05) is 72.8 Å². The molecular formula is C31H34BrNO4. The van der Waals surface area contributed by atoms with Crippen molar-refractivity contribution < 1.29 is 40.9 Å². The van der Waals surface area contributed by atoms with E-state index in [9.17, 15) is 14.7 Å². The van der Waals surface area contributed by atoms with Crippen molar-refractivity contribution in [3.8, 4) is 11.1 Å². The van der Waals surface area contributed by atoms with Gasteiger partial charge in [-0.2, -0.15) is 0 Å². The summed E-state index contributed by atoms with van der Waals surface area (Å²) in [6.45, 7) is 0.192. The minimum atomic E-state index is -0.660. The fourth-order valence-corrected chi connectivity index (χ4v) is 6.18. The van der Waals surface area contributed by atoms with Gasteiger partial charge in [0.2, 0.25) is 5.78 Å². The fraction of sp³-hybridized carbons (Fsp3) is 0.355. The number of fused-ring (bicyclic) bond motifs is 2. The number of carbonyl (C=O) groups is 2. The highest BCUT2D eigenvalue weighted by molar-refractivity contribution is 5.97. The van der Waals surface area contributed by atoms with Gasteiger partial charge in [0.15, 0.2) is 0 Å². The third-order valence-electron chi connectivity index (χ3n) is 8.32. The molecule has 0 amide bonds. The smallest absolute Gasteiger partial charge is 0.316 e. The number of hydrogen-bond acceptors (Lipinski definition) is 4. The second-order valence-corrected chi connectivity index (χ2v) is 10.4. The summed E-state index contributed by atoms with van der Waals surface area (Å²) >= 11 is 0. The minimum absolute atomic E-state index is 0. The van der Waals surface area contributed by atoms with E-state index in [0.29, 0.717) is 18.6 Å². The molecule has 3 aromatic carbocycles. The number of ether oxygens (including phenoxy) is 1. The lowest BCUT2D eigenvalue weighted by Gasteiger charge is -2.46. The van der Waals surface area contributed by atoms with Crippen LogP contribution in [0.2, 0.25) is 0 Å². The summed E-state index contributed by atoms with van der Waals surface area (Å²) in [5, 5.41) is 9.83. The van der Waals surface area contributed by atoms with Crippen LogP contribution >= 0.6 is 0 Å². The van der Waals surface area contributed by atoms with E-state index < -0.39 is 5.92 Å². The van der Waals surface area contributed by atoms with Crippen molar-refractivity contribution in [2.75, 3.05) is 20.2 Å². The van der Waals surface area contributed by atoms with Gasteiger partial charge in [0.05, 0.1) is 25.7 Å². The number of likely N-dealkylation sites (N-methyl/N-ethyl adjacent to an activating group) is 1. The van der Waals surface area contributed by atoms with Gasteiger partial charge in [-0.15, -0.1) is 0 Å². The first kappa shape index (κ1) is 27.2. The predicted molar refractivity (Wildman–Crippen MR) is 139 cm³/mol. The van der Waals surface area contributed by atoms with Crippen LogP contribution in [0.5, 0.6) is 0 Å². The highest BCUT2D eigenvalue weighted by Gasteiger charge is 2.53. The maximum absolute atomic E-state index is 13.3. The number of aliphatic hydroxyl groups excluding tert-OH is 1. The van der Waals surface area contributed by atoms with E-state index in [0.717, 1.165) is 52.4 Å². The van der Waals surface area contributed by atoms with Crippen LogP contribution in [0.4, 0.5) is 0 Å². The van der Waals surface area contributed by atoms with Gasteiger partial charge in [-0.25, -0.2) is 0 Å². The van der Waals surface area contributed by atoms with E-state index in [2.05, 4.69) is 19.2 Å². The molecule has 5 rings (SSSR count).